The number of aromatic amines is 1. The number of aromatic hydroxyl groups is 1. The van der Waals surface area contributed by atoms with E-state index in [1.165, 1.54) is 26.0 Å². The van der Waals surface area contributed by atoms with Crippen LogP contribution in [0.1, 0.15) is 42.2 Å². The molecule has 2 aliphatic heterocycles. The second kappa shape index (κ2) is 7.56. The number of ether oxygens (including phenoxy) is 3. The van der Waals surface area contributed by atoms with Crippen molar-refractivity contribution in [3.63, 3.8) is 0 Å². The van der Waals surface area contributed by atoms with E-state index in [4.69, 9.17) is 14.2 Å². The summed E-state index contributed by atoms with van der Waals surface area (Å²) in [4.78, 5) is 17.6. The number of aromatic nitrogens is 2. The van der Waals surface area contributed by atoms with Crippen molar-refractivity contribution in [2.45, 2.75) is 31.1 Å². The van der Waals surface area contributed by atoms with Gasteiger partial charge in [-0.25, -0.2) is 4.99 Å². The van der Waals surface area contributed by atoms with Gasteiger partial charge in [0.2, 0.25) is 5.75 Å². The number of phenols is 1. The van der Waals surface area contributed by atoms with Gasteiger partial charge in [0.1, 0.15) is 0 Å². The number of benzene rings is 1. The summed E-state index contributed by atoms with van der Waals surface area (Å²) < 4.78 is 17.9. The topological polar surface area (TPSA) is 98.1 Å². The van der Waals surface area contributed by atoms with Gasteiger partial charge in [-0.05, 0) is 37.5 Å². The summed E-state index contributed by atoms with van der Waals surface area (Å²) in [5.74, 6) is 1.21. The zero-order valence-corrected chi connectivity index (χ0v) is 16.8. The van der Waals surface area contributed by atoms with Crippen molar-refractivity contribution in [1.29, 1.82) is 0 Å². The van der Waals surface area contributed by atoms with Crippen LogP contribution >= 0.6 is 11.8 Å². The second-order valence-electron chi connectivity index (χ2n) is 6.79. The number of phenolic OH excluding ortho intramolecular Hbond substituents is 1. The maximum atomic E-state index is 12.9. The standard InChI is InChI=1S/C19H23N3O5S/c1-10-20-18-15(19(24)21-22(18)12-4-6-27-7-5-12)17(28-10)11-8-13(25-2)16(23)14(9-11)26-3/h8-9,12,17,23H,4-7H2,1-3H3,(H,21,24)/t17-/m1/s1. The fourth-order valence-corrected chi connectivity index (χ4v) is 4.80. The molecule has 4 rings (SSSR count). The van der Waals surface area contributed by atoms with Crippen LogP contribution in [0.15, 0.2) is 21.9 Å². The molecule has 3 heterocycles. The molecule has 28 heavy (non-hydrogen) atoms. The molecular weight excluding hydrogens is 382 g/mol. The Morgan fingerprint density at radius 2 is 1.89 bits per heavy atom. The number of H-pyrrole nitrogens is 1. The predicted molar refractivity (Wildman–Crippen MR) is 108 cm³/mol. The molecule has 1 aromatic heterocycles. The molecule has 1 aromatic carbocycles. The van der Waals surface area contributed by atoms with Gasteiger partial charge in [0.05, 0.1) is 36.1 Å². The largest absolute Gasteiger partial charge is 0.502 e. The first-order valence-corrected chi connectivity index (χ1v) is 10.0. The van der Waals surface area contributed by atoms with Gasteiger partial charge in [-0.1, -0.05) is 11.8 Å². The van der Waals surface area contributed by atoms with Crippen molar-refractivity contribution in [3.8, 4) is 17.2 Å². The molecule has 1 atom stereocenters. The summed E-state index contributed by atoms with van der Waals surface area (Å²) in [6.45, 7) is 3.28. The average Bonchev–Trinajstić information content (AvgIpc) is 3.04. The van der Waals surface area contributed by atoms with E-state index in [9.17, 15) is 9.90 Å². The van der Waals surface area contributed by atoms with E-state index < -0.39 is 0 Å². The molecule has 0 aliphatic carbocycles. The van der Waals surface area contributed by atoms with E-state index in [1.54, 1.807) is 12.1 Å². The van der Waals surface area contributed by atoms with E-state index >= 15 is 0 Å². The van der Waals surface area contributed by atoms with E-state index in [2.05, 4.69) is 10.1 Å². The van der Waals surface area contributed by atoms with Crippen LogP contribution in [0.4, 0.5) is 5.82 Å². The number of rotatable bonds is 4. The Morgan fingerprint density at radius 1 is 1.25 bits per heavy atom. The first-order valence-electron chi connectivity index (χ1n) is 9.12. The molecule has 0 spiro atoms. The summed E-state index contributed by atoms with van der Waals surface area (Å²) in [7, 11) is 2.97. The number of thioether (sulfide) groups is 1. The van der Waals surface area contributed by atoms with E-state index in [1.807, 2.05) is 11.6 Å². The molecule has 1 saturated heterocycles. The van der Waals surface area contributed by atoms with Crippen molar-refractivity contribution >= 4 is 22.6 Å². The minimum absolute atomic E-state index is 0.0612. The van der Waals surface area contributed by atoms with Crippen molar-refractivity contribution in [2.24, 2.45) is 4.99 Å². The third-order valence-corrected chi connectivity index (χ3v) is 6.29. The molecule has 2 aliphatic rings. The smallest absolute Gasteiger partial charge is 0.271 e. The molecule has 8 nitrogen and oxygen atoms in total. The van der Waals surface area contributed by atoms with Crippen molar-refractivity contribution in [1.82, 2.24) is 9.78 Å². The number of nitrogens with zero attached hydrogens (tertiary/aromatic N) is 2. The summed E-state index contributed by atoms with van der Waals surface area (Å²) >= 11 is 1.50. The lowest BCUT2D eigenvalue weighted by molar-refractivity contribution is 0.0666. The number of hydrogen-bond donors (Lipinski definition) is 2. The van der Waals surface area contributed by atoms with Gasteiger partial charge in [-0.3, -0.25) is 14.6 Å². The molecule has 0 saturated carbocycles. The Bertz CT molecular complexity index is 949. The second-order valence-corrected chi connectivity index (χ2v) is 8.09. The fraction of sp³-hybridized carbons (Fsp3) is 0.474. The Hall–Kier alpha value is -2.39. The zero-order valence-electron chi connectivity index (χ0n) is 16.0. The number of methoxy groups -OCH3 is 2. The van der Waals surface area contributed by atoms with Crippen LogP contribution in [0.3, 0.4) is 0 Å². The van der Waals surface area contributed by atoms with Crippen molar-refractivity contribution < 1.29 is 19.3 Å². The van der Waals surface area contributed by atoms with Crippen LogP contribution < -0.4 is 15.0 Å². The lowest BCUT2D eigenvalue weighted by Crippen LogP contribution is -2.21. The van der Waals surface area contributed by atoms with E-state index in [0.29, 0.717) is 36.1 Å². The minimum Gasteiger partial charge on any atom is -0.502 e. The maximum Gasteiger partial charge on any atom is 0.271 e. The first-order chi connectivity index (χ1) is 13.5. The molecule has 0 amide bonds. The van der Waals surface area contributed by atoms with Gasteiger partial charge in [-0.2, -0.15) is 0 Å². The summed E-state index contributed by atoms with van der Waals surface area (Å²) in [6.07, 6.45) is 1.68. The fourth-order valence-electron chi connectivity index (χ4n) is 3.72. The first kappa shape index (κ1) is 18.9. The minimum atomic E-state index is -0.277. The molecule has 2 N–H and O–H groups in total. The highest BCUT2D eigenvalue weighted by Gasteiger charge is 2.33. The molecule has 2 aromatic rings. The van der Waals surface area contributed by atoms with Crippen LogP contribution in [-0.2, 0) is 4.74 Å². The van der Waals surface area contributed by atoms with Crippen molar-refractivity contribution in [2.75, 3.05) is 27.4 Å². The molecule has 0 bridgehead atoms. The quantitative estimate of drug-likeness (QED) is 0.811. The summed E-state index contributed by atoms with van der Waals surface area (Å²) in [6, 6.07) is 3.64. The van der Waals surface area contributed by atoms with Crippen LogP contribution in [0.25, 0.3) is 0 Å². The Morgan fingerprint density at radius 3 is 2.50 bits per heavy atom. The van der Waals surface area contributed by atoms with E-state index in [0.717, 1.165) is 23.4 Å². The number of aliphatic imine (C=N–C) groups is 1. The molecule has 0 radical (unpaired) electrons. The Balaban J connectivity index is 1.84. The highest BCUT2D eigenvalue weighted by molar-refractivity contribution is 8.14. The zero-order chi connectivity index (χ0) is 19.8. The van der Waals surface area contributed by atoms with Crippen LogP contribution in [0, 0.1) is 0 Å². The monoisotopic (exact) mass is 405 g/mol. The highest BCUT2D eigenvalue weighted by atomic mass is 32.2. The predicted octanol–water partition coefficient (Wildman–Crippen LogP) is 3.14. The van der Waals surface area contributed by atoms with Gasteiger partial charge in [0.25, 0.3) is 5.56 Å². The molecule has 0 unspecified atom stereocenters. The normalized spacial score (nSPS) is 19.8. The third kappa shape index (κ3) is 3.18. The Labute approximate surface area is 166 Å². The van der Waals surface area contributed by atoms with Gasteiger partial charge in [0.15, 0.2) is 17.3 Å². The molecule has 9 heteroatoms. The Kier molecular flexibility index (Phi) is 5.11. The highest BCUT2D eigenvalue weighted by Crippen LogP contribution is 2.48. The molecular formula is C19H23N3O5S. The van der Waals surface area contributed by atoms with Gasteiger partial charge in [0, 0.05) is 13.2 Å². The number of nitrogens with one attached hydrogen (secondary N) is 1. The lowest BCUT2D eigenvalue weighted by atomic mass is 10.0. The average molecular weight is 405 g/mol. The molecule has 1 fully saturated rings. The van der Waals surface area contributed by atoms with Crippen LogP contribution in [-0.4, -0.2) is 47.4 Å². The SMILES string of the molecule is COc1cc([C@H]2SC(C)=Nc3c2c(=O)[nH]n3C2CCOCC2)cc(OC)c1O. The summed E-state index contributed by atoms with van der Waals surface area (Å²) in [5.41, 5.74) is 1.26. The van der Waals surface area contributed by atoms with Crippen molar-refractivity contribution in [3.05, 3.63) is 33.6 Å². The maximum absolute atomic E-state index is 12.9. The lowest BCUT2D eigenvalue weighted by Gasteiger charge is -2.26. The van der Waals surface area contributed by atoms with Gasteiger partial charge < -0.3 is 19.3 Å². The van der Waals surface area contributed by atoms with Crippen LogP contribution in [0.2, 0.25) is 0 Å². The molecule has 150 valence electrons. The van der Waals surface area contributed by atoms with Gasteiger partial charge >= 0.3 is 0 Å². The number of hydrogen-bond acceptors (Lipinski definition) is 7. The van der Waals surface area contributed by atoms with E-state index in [-0.39, 0.29) is 22.6 Å². The van der Waals surface area contributed by atoms with Gasteiger partial charge in [-0.15, -0.1) is 0 Å². The summed E-state index contributed by atoms with van der Waals surface area (Å²) in [5, 5.41) is 13.8. The third-order valence-electron chi connectivity index (χ3n) is 5.11. The number of fused-ring (bicyclic) bond motifs is 1. The van der Waals surface area contributed by atoms with Crippen LogP contribution in [0.5, 0.6) is 17.2 Å².